The molecule has 0 spiro atoms. The third-order valence-corrected chi connectivity index (χ3v) is 3.88. The Morgan fingerprint density at radius 2 is 2.00 bits per heavy atom. The second-order valence-corrected chi connectivity index (χ2v) is 5.83. The van der Waals surface area contributed by atoms with Gasteiger partial charge in [0.2, 0.25) is 0 Å². The number of rotatable bonds is 4. The second kappa shape index (κ2) is 6.93. The van der Waals surface area contributed by atoms with E-state index in [1.54, 1.807) is 17.1 Å². The number of thiazole rings is 1. The maximum absolute atomic E-state index is 12.5. The van der Waals surface area contributed by atoms with Crippen molar-refractivity contribution in [2.24, 2.45) is 0 Å². The van der Waals surface area contributed by atoms with Gasteiger partial charge in [0, 0.05) is 23.7 Å². The lowest BCUT2D eigenvalue weighted by Crippen LogP contribution is -2.28. The number of nitrogens with one attached hydrogen (secondary N) is 2. The molecule has 2 aromatic heterocycles. The van der Waals surface area contributed by atoms with Gasteiger partial charge in [-0.2, -0.15) is 18.3 Å². The average Bonchev–Trinajstić information content (AvgIpc) is 3.23. The molecule has 25 heavy (non-hydrogen) atoms. The predicted molar refractivity (Wildman–Crippen MR) is 86.5 cm³/mol. The van der Waals surface area contributed by atoms with Crippen LogP contribution in [-0.2, 0) is 12.7 Å². The smallest absolute Gasteiger partial charge is 0.334 e. The minimum atomic E-state index is -4.53. The third kappa shape index (κ3) is 4.35. The topological polar surface area (TPSA) is 71.8 Å². The fourth-order valence-corrected chi connectivity index (χ4v) is 2.67. The second-order valence-electron chi connectivity index (χ2n) is 4.97. The number of aromatic nitrogens is 3. The number of alkyl halides is 3. The van der Waals surface area contributed by atoms with Crippen molar-refractivity contribution in [3.8, 4) is 5.69 Å². The van der Waals surface area contributed by atoms with Gasteiger partial charge in [0.25, 0.3) is 0 Å². The Kier molecular flexibility index (Phi) is 4.70. The molecule has 2 amide bonds. The summed E-state index contributed by atoms with van der Waals surface area (Å²) in [5.74, 6) is 0. The van der Waals surface area contributed by atoms with Crippen molar-refractivity contribution in [3.05, 3.63) is 59.4 Å². The molecule has 0 aliphatic rings. The van der Waals surface area contributed by atoms with Crippen LogP contribution >= 0.6 is 11.3 Å². The minimum Gasteiger partial charge on any atom is -0.334 e. The van der Waals surface area contributed by atoms with Crippen molar-refractivity contribution in [2.45, 2.75) is 12.7 Å². The van der Waals surface area contributed by atoms with Crippen LogP contribution in [0.2, 0.25) is 0 Å². The Morgan fingerprint density at radius 3 is 2.68 bits per heavy atom. The number of carbonyl (C=O) groups excluding carboxylic acids is 1. The first kappa shape index (κ1) is 17.0. The molecule has 0 aliphatic heterocycles. The summed E-state index contributed by atoms with van der Waals surface area (Å²) in [6.07, 6.45) is -1.18. The van der Waals surface area contributed by atoms with Crippen molar-refractivity contribution < 1.29 is 18.0 Å². The molecule has 3 rings (SSSR count). The van der Waals surface area contributed by atoms with E-state index in [9.17, 15) is 18.0 Å². The van der Waals surface area contributed by atoms with Gasteiger partial charge in [-0.25, -0.2) is 14.5 Å². The molecule has 0 aliphatic carbocycles. The predicted octanol–water partition coefficient (Wildman–Crippen LogP) is 3.67. The molecule has 10 heteroatoms. The number of urea groups is 1. The Bertz CT molecular complexity index is 859. The molecule has 0 fully saturated rings. The zero-order valence-electron chi connectivity index (χ0n) is 12.6. The standard InChI is InChI=1S/C15H12F3N5OS/c16-15(17,18)12-9-25-14(21-12)22-13(24)19-6-10-7-20-23(8-10)11-4-2-1-3-5-11/h1-5,7-9H,6H2,(H2,19,21,22,24). The molecule has 6 nitrogen and oxygen atoms in total. The van der Waals surface area contributed by atoms with Gasteiger partial charge in [0.05, 0.1) is 11.9 Å². The van der Waals surface area contributed by atoms with Crippen molar-refractivity contribution in [2.75, 3.05) is 5.32 Å². The third-order valence-electron chi connectivity index (χ3n) is 3.12. The molecule has 1 aromatic carbocycles. The summed E-state index contributed by atoms with van der Waals surface area (Å²) in [5.41, 5.74) is 0.590. The van der Waals surface area contributed by atoms with Gasteiger partial charge in [-0.3, -0.25) is 5.32 Å². The Balaban J connectivity index is 1.54. The molecule has 130 valence electrons. The molecular formula is C15H12F3N5OS. The van der Waals surface area contributed by atoms with Crippen molar-refractivity contribution in [1.29, 1.82) is 0 Å². The van der Waals surface area contributed by atoms with E-state index < -0.39 is 17.9 Å². The SMILES string of the molecule is O=C(NCc1cnn(-c2ccccc2)c1)Nc1nc(C(F)(F)F)cs1. The van der Waals surface area contributed by atoms with Gasteiger partial charge >= 0.3 is 12.2 Å². The van der Waals surface area contributed by atoms with E-state index in [0.29, 0.717) is 11.3 Å². The molecule has 0 atom stereocenters. The number of carbonyl (C=O) groups is 1. The van der Waals surface area contributed by atoms with Gasteiger partial charge in [-0.05, 0) is 12.1 Å². The van der Waals surface area contributed by atoms with Crippen molar-refractivity contribution >= 4 is 22.5 Å². The first-order chi connectivity index (χ1) is 11.9. The monoisotopic (exact) mass is 367 g/mol. The molecule has 0 bridgehead atoms. The first-order valence-corrected chi connectivity index (χ1v) is 7.96. The number of halogens is 3. The van der Waals surface area contributed by atoms with Crippen LogP contribution in [0.5, 0.6) is 0 Å². The van der Waals surface area contributed by atoms with E-state index >= 15 is 0 Å². The fraction of sp³-hybridized carbons (Fsp3) is 0.133. The summed E-state index contributed by atoms with van der Waals surface area (Å²) >= 11 is 0.708. The van der Waals surface area contributed by atoms with Gasteiger partial charge in [0.1, 0.15) is 0 Å². The minimum absolute atomic E-state index is 0.121. The fourth-order valence-electron chi connectivity index (χ4n) is 1.96. The molecule has 0 radical (unpaired) electrons. The number of nitrogens with zero attached hydrogens (tertiary/aromatic N) is 3. The zero-order valence-corrected chi connectivity index (χ0v) is 13.4. The van der Waals surface area contributed by atoms with Crippen LogP contribution in [0.25, 0.3) is 5.69 Å². The summed E-state index contributed by atoms with van der Waals surface area (Å²) in [7, 11) is 0. The van der Waals surface area contributed by atoms with E-state index in [0.717, 1.165) is 16.6 Å². The lowest BCUT2D eigenvalue weighted by Gasteiger charge is -2.04. The van der Waals surface area contributed by atoms with Gasteiger partial charge in [-0.1, -0.05) is 18.2 Å². The van der Waals surface area contributed by atoms with E-state index in [2.05, 4.69) is 20.7 Å². The Morgan fingerprint density at radius 1 is 1.24 bits per heavy atom. The average molecular weight is 367 g/mol. The zero-order chi connectivity index (χ0) is 17.9. The summed E-state index contributed by atoms with van der Waals surface area (Å²) in [6, 6.07) is 8.78. The molecule has 0 saturated carbocycles. The normalized spacial score (nSPS) is 11.3. The quantitative estimate of drug-likeness (QED) is 0.739. The highest BCUT2D eigenvalue weighted by atomic mass is 32.1. The van der Waals surface area contributed by atoms with Crippen LogP contribution in [0.4, 0.5) is 23.1 Å². The molecule has 2 N–H and O–H groups in total. The highest BCUT2D eigenvalue weighted by molar-refractivity contribution is 7.13. The highest BCUT2D eigenvalue weighted by Gasteiger charge is 2.33. The lowest BCUT2D eigenvalue weighted by atomic mass is 10.3. The van der Waals surface area contributed by atoms with Gasteiger partial charge in [0.15, 0.2) is 10.8 Å². The number of para-hydroxylation sites is 1. The molecule has 2 heterocycles. The number of benzene rings is 1. The molecule has 0 unspecified atom stereocenters. The number of anilines is 1. The first-order valence-electron chi connectivity index (χ1n) is 7.08. The summed E-state index contributed by atoms with van der Waals surface area (Å²) in [6.45, 7) is 0.177. The largest absolute Gasteiger partial charge is 0.434 e. The van der Waals surface area contributed by atoms with E-state index in [1.165, 1.54) is 0 Å². The van der Waals surface area contributed by atoms with Crippen LogP contribution in [0.15, 0.2) is 48.1 Å². The van der Waals surface area contributed by atoms with Crippen LogP contribution < -0.4 is 10.6 Å². The van der Waals surface area contributed by atoms with Crippen molar-refractivity contribution in [1.82, 2.24) is 20.1 Å². The van der Waals surface area contributed by atoms with Crippen LogP contribution in [-0.4, -0.2) is 20.8 Å². The molecule has 3 aromatic rings. The van der Waals surface area contributed by atoms with Crippen LogP contribution in [0.3, 0.4) is 0 Å². The van der Waals surface area contributed by atoms with Gasteiger partial charge < -0.3 is 5.32 Å². The number of hydrogen-bond acceptors (Lipinski definition) is 4. The highest BCUT2D eigenvalue weighted by Crippen LogP contribution is 2.31. The van der Waals surface area contributed by atoms with Crippen LogP contribution in [0, 0.1) is 0 Å². The van der Waals surface area contributed by atoms with Gasteiger partial charge in [-0.15, -0.1) is 11.3 Å². The van der Waals surface area contributed by atoms with E-state index in [-0.39, 0.29) is 11.7 Å². The van der Waals surface area contributed by atoms with Crippen LogP contribution in [0.1, 0.15) is 11.3 Å². The van der Waals surface area contributed by atoms with E-state index in [1.807, 2.05) is 30.3 Å². The summed E-state index contributed by atoms with van der Waals surface area (Å²) < 4.78 is 39.0. The van der Waals surface area contributed by atoms with Crippen molar-refractivity contribution in [3.63, 3.8) is 0 Å². The Hall–Kier alpha value is -2.88. The molecular weight excluding hydrogens is 355 g/mol. The Labute approximate surface area is 144 Å². The maximum atomic E-state index is 12.5. The molecule has 0 saturated heterocycles. The number of hydrogen-bond donors (Lipinski definition) is 2. The maximum Gasteiger partial charge on any atom is 0.434 e. The lowest BCUT2D eigenvalue weighted by molar-refractivity contribution is -0.140. The summed E-state index contributed by atoms with van der Waals surface area (Å²) in [5, 5.41) is 9.73. The number of amides is 2. The summed E-state index contributed by atoms with van der Waals surface area (Å²) in [4.78, 5) is 15.1. The van der Waals surface area contributed by atoms with E-state index in [4.69, 9.17) is 0 Å².